The molecular formula is C24H29ClN4OS. The zero-order valence-corrected chi connectivity index (χ0v) is 19.9. The average Bonchev–Trinajstić information content (AvgIpc) is 3.18. The van der Waals surface area contributed by atoms with Gasteiger partial charge in [0, 0.05) is 46.9 Å². The molecule has 4 rings (SSSR count). The fourth-order valence-electron chi connectivity index (χ4n) is 4.17. The van der Waals surface area contributed by atoms with Gasteiger partial charge in [0.25, 0.3) is 0 Å². The largest absolute Gasteiger partial charge is 0.356 e. The second-order valence-corrected chi connectivity index (χ2v) is 9.92. The van der Waals surface area contributed by atoms with Crippen molar-refractivity contribution in [3.8, 4) is 0 Å². The van der Waals surface area contributed by atoms with Crippen molar-refractivity contribution in [3.63, 3.8) is 0 Å². The van der Waals surface area contributed by atoms with Crippen LogP contribution in [0.2, 0.25) is 5.02 Å². The van der Waals surface area contributed by atoms with Crippen LogP contribution in [0.4, 0.5) is 11.5 Å². The number of carbonyl (C=O) groups excluding carboxylic acids is 1. The molecule has 3 aromatic rings. The maximum absolute atomic E-state index is 12.4. The summed E-state index contributed by atoms with van der Waals surface area (Å²) in [6, 6.07) is 10.7. The quantitative estimate of drug-likeness (QED) is 0.542. The van der Waals surface area contributed by atoms with Gasteiger partial charge in [0.1, 0.15) is 5.82 Å². The lowest BCUT2D eigenvalue weighted by atomic mass is 10.0. The van der Waals surface area contributed by atoms with E-state index in [1.807, 2.05) is 29.6 Å². The van der Waals surface area contributed by atoms with E-state index in [-0.39, 0.29) is 5.91 Å². The molecule has 0 radical (unpaired) electrons. The number of thiophene rings is 1. The highest BCUT2D eigenvalue weighted by Gasteiger charge is 2.22. The standard InChI is InChI=1S/C24H29ClN4OS/c1-16-12-23(29-10-8-19(9-11-29)28(2)3)27-22-6-4-18(14-21(16)22)26-24(30)7-5-20-13-17(25)15-31-20/h4,6,12-15,19H,5,7-11H2,1-3H3,(H,26,30). The highest BCUT2D eigenvalue weighted by molar-refractivity contribution is 7.10. The molecule has 1 N–H and O–H groups in total. The Kier molecular flexibility index (Phi) is 6.80. The van der Waals surface area contributed by atoms with Crippen LogP contribution >= 0.6 is 22.9 Å². The SMILES string of the molecule is Cc1cc(N2CCC(N(C)C)CC2)nc2ccc(NC(=O)CCc3cc(Cl)cs3)cc12. The van der Waals surface area contributed by atoms with Gasteiger partial charge in [-0.2, -0.15) is 0 Å². The summed E-state index contributed by atoms with van der Waals surface area (Å²) >= 11 is 7.54. The van der Waals surface area contributed by atoms with E-state index in [2.05, 4.69) is 42.2 Å². The van der Waals surface area contributed by atoms with Crippen molar-refractivity contribution in [2.24, 2.45) is 0 Å². The summed E-state index contributed by atoms with van der Waals surface area (Å²) in [6.45, 7) is 4.18. The minimum atomic E-state index is 0.00914. The number of pyridine rings is 1. The molecule has 0 bridgehead atoms. The molecule has 164 valence electrons. The third-order valence-corrected chi connectivity index (χ3v) is 7.37. The number of rotatable bonds is 6. The van der Waals surface area contributed by atoms with Crippen LogP contribution in [0.25, 0.3) is 10.9 Å². The van der Waals surface area contributed by atoms with Crippen molar-refractivity contribution in [1.29, 1.82) is 0 Å². The van der Waals surface area contributed by atoms with Gasteiger partial charge in [-0.05, 0) is 76.2 Å². The first-order chi connectivity index (χ1) is 14.9. The van der Waals surface area contributed by atoms with Crippen LogP contribution in [-0.2, 0) is 11.2 Å². The molecular weight excluding hydrogens is 428 g/mol. The summed E-state index contributed by atoms with van der Waals surface area (Å²) in [7, 11) is 4.32. The first-order valence-electron chi connectivity index (χ1n) is 10.7. The Morgan fingerprint density at radius 3 is 2.71 bits per heavy atom. The van der Waals surface area contributed by atoms with Crippen LogP contribution in [-0.4, -0.2) is 49.0 Å². The zero-order chi connectivity index (χ0) is 22.0. The fraction of sp³-hybridized carbons (Fsp3) is 0.417. The van der Waals surface area contributed by atoms with E-state index >= 15 is 0 Å². The molecule has 1 aliphatic rings. The Hall–Kier alpha value is -2.15. The van der Waals surface area contributed by atoms with Gasteiger partial charge in [0.15, 0.2) is 0 Å². The number of aryl methyl sites for hydroxylation is 2. The van der Waals surface area contributed by atoms with Gasteiger partial charge < -0.3 is 15.1 Å². The Balaban J connectivity index is 1.42. The molecule has 0 unspecified atom stereocenters. The van der Waals surface area contributed by atoms with Crippen molar-refractivity contribution in [1.82, 2.24) is 9.88 Å². The number of benzene rings is 1. The molecule has 1 saturated heterocycles. The second kappa shape index (κ2) is 9.55. The summed E-state index contributed by atoms with van der Waals surface area (Å²) in [5, 5.41) is 6.73. The molecule has 3 heterocycles. The van der Waals surface area contributed by atoms with Crippen LogP contribution in [0, 0.1) is 6.92 Å². The van der Waals surface area contributed by atoms with Gasteiger partial charge in [-0.15, -0.1) is 11.3 Å². The summed E-state index contributed by atoms with van der Waals surface area (Å²) < 4.78 is 0. The second-order valence-electron chi connectivity index (χ2n) is 8.49. The molecule has 2 aromatic heterocycles. The molecule has 31 heavy (non-hydrogen) atoms. The van der Waals surface area contributed by atoms with Crippen LogP contribution in [0.1, 0.15) is 29.7 Å². The number of aromatic nitrogens is 1. The smallest absolute Gasteiger partial charge is 0.224 e. The molecule has 1 aliphatic heterocycles. The molecule has 0 saturated carbocycles. The number of fused-ring (bicyclic) bond motifs is 1. The highest BCUT2D eigenvalue weighted by Crippen LogP contribution is 2.28. The predicted molar refractivity (Wildman–Crippen MR) is 132 cm³/mol. The van der Waals surface area contributed by atoms with Gasteiger partial charge in [-0.3, -0.25) is 4.79 Å². The Morgan fingerprint density at radius 1 is 1.26 bits per heavy atom. The summed E-state index contributed by atoms with van der Waals surface area (Å²) in [4.78, 5) is 23.1. The van der Waals surface area contributed by atoms with Crippen molar-refractivity contribution >= 4 is 51.3 Å². The van der Waals surface area contributed by atoms with Crippen LogP contribution in [0.5, 0.6) is 0 Å². The van der Waals surface area contributed by atoms with Crippen LogP contribution in [0.15, 0.2) is 35.7 Å². The number of halogens is 1. The van der Waals surface area contributed by atoms with Crippen molar-refractivity contribution < 1.29 is 4.79 Å². The lowest BCUT2D eigenvalue weighted by Gasteiger charge is -2.36. The summed E-state index contributed by atoms with van der Waals surface area (Å²) in [5.74, 6) is 1.06. The van der Waals surface area contributed by atoms with Crippen LogP contribution < -0.4 is 10.2 Å². The van der Waals surface area contributed by atoms with E-state index in [9.17, 15) is 4.79 Å². The average molecular weight is 457 g/mol. The predicted octanol–water partition coefficient (Wildman–Crippen LogP) is 5.36. The third-order valence-electron chi connectivity index (χ3n) is 6.02. The number of hydrogen-bond acceptors (Lipinski definition) is 5. The molecule has 1 aromatic carbocycles. The number of nitrogens with one attached hydrogen (secondary N) is 1. The lowest BCUT2D eigenvalue weighted by Crippen LogP contribution is -2.42. The van der Waals surface area contributed by atoms with Crippen molar-refractivity contribution in [2.75, 3.05) is 37.4 Å². The van der Waals surface area contributed by atoms with Gasteiger partial charge >= 0.3 is 0 Å². The summed E-state index contributed by atoms with van der Waals surface area (Å²) in [5.41, 5.74) is 2.96. The molecule has 0 atom stereocenters. The normalized spacial score (nSPS) is 15.1. The van der Waals surface area contributed by atoms with Gasteiger partial charge in [-0.1, -0.05) is 11.6 Å². The van der Waals surface area contributed by atoms with Gasteiger partial charge in [0.05, 0.1) is 10.5 Å². The highest BCUT2D eigenvalue weighted by atomic mass is 35.5. The van der Waals surface area contributed by atoms with Crippen molar-refractivity contribution in [2.45, 2.75) is 38.6 Å². The maximum atomic E-state index is 12.4. The van der Waals surface area contributed by atoms with E-state index in [0.717, 1.165) is 58.2 Å². The number of carbonyl (C=O) groups is 1. The molecule has 7 heteroatoms. The van der Waals surface area contributed by atoms with E-state index in [1.54, 1.807) is 11.3 Å². The first-order valence-corrected chi connectivity index (χ1v) is 12.0. The van der Waals surface area contributed by atoms with E-state index < -0.39 is 0 Å². The number of anilines is 2. The van der Waals surface area contributed by atoms with Gasteiger partial charge in [-0.25, -0.2) is 4.98 Å². The Labute approximate surface area is 193 Å². The van der Waals surface area contributed by atoms with E-state index in [1.165, 1.54) is 5.56 Å². The number of amides is 1. The van der Waals surface area contributed by atoms with Gasteiger partial charge in [0.2, 0.25) is 5.91 Å². The minimum absolute atomic E-state index is 0.00914. The van der Waals surface area contributed by atoms with E-state index in [4.69, 9.17) is 16.6 Å². The number of hydrogen-bond donors (Lipinski definition) is 1. The Bertz CT molecular complexity index is 1070. The monoisotopic (exact) mass is 456 g/mol. The molecule has 0 aliphatic carbocycles. The lowest BCUT2D eigenvalue weighted by molar-refractivity contribution is -0.116. The van der Waals surface area contributed by atoms with Crippen molar-refractivity contribution in [3.05, 3.63) is 51.2 Å². The fourth-order valence-corrected chi connectivity index (χ4v) is 5.25. The topological polar surface area (TPSA) is 48.5 Å². The Morgan fingerprint density at radius 2 is 2.03 bits per heavy atom. The van der Waals surface area contributed by atoms with Crippen LogP contribution in [0.3, 0.4) is 0 Å². The van der Waals surface area contributed by atoms with E-state index in [0.29, 0.717) is 18.9 Å². The third kappa shape index (κ3) is 5.37. The minimum Gasteiger partial charge on any atom is -0.356 e. The first kappa shape index (κ1) is 22.1. The molecule has 1 fully saturated rings. The number of piperidine rings is 1. The summed E-state index contributed by atoms with van der Waals surface area (Å²) in [6.07, 6.45) is 3.46. The molecule has 0 spiro atoms. The zero-order valence-electron chi connectivity index (χ0n) is 18.3. The maximum Gasteiger partial charge on any atom is 0.224 e. The molecule has 1 amide bonds. The number of nitrogens with zero attached hydrogens (tertiary/aromatic N) is 3. The molecule has 5 nitrogen and oxygen atoms in total.